The molecule has 216 valence electrons. The molecule has 0 saturated carbocycles. The van der Waals surface area contributed by atoms with E-state index < -0.39 is 53.3 Å². The monoisotopic (exact) mass is 590 g/mol. The highest BCUT2D eigenvalue weighted by Crippen LogP contribution is 2.36. The molecule has 0 saturated heterocycles. The second kappa shape index (κ2) is 11.8. The zero-order valence-corrected chi connectivity index (χ0v) is 20.0. The van der Waals surface area contributed by atoms with E-state index in [0.717, 1.165) is 42.6 Å². The van der Waals surface area contributed by atoms with E-state index in [9.17, 15) is 44.3 Å². The maximum Gasteiger partial charge on any atom is 0.490 e. The number of alkyl halides is 9. The molecule has 1 aromatic carbocycles. The van der Waals surface area contributed by atoms with Crippen LogP contribution in [0.15, 0.2) is 73.1 Å². The van der Waals surface area contributed by atoms with E-state index in [4.69, 9.17) is 9.90 Å². The highest BCUT2D eigenvalue weighted by atomic mass is 19.4. The van der Waals surface area contributed by atoms with Gasteiger partial charge in [0.15, 0.2) is 5.65 Å². The lowest BCUT2D eigenvalue weighted by Crippen LogP contribution is -2.32. The van der Waals surface area contributed by atoms with Gasteiger partial charge in [-0.2, -0.15) is 39.5 Å². The molecular weight excluding hydrogens is 575 g/mol. The van der Waals surface area contributed by atoms with Crippen molar-refractivity contribution in [3.63, 3.8) is 0 Å². The van der Waals surface area contributed by atoms with Gasteiger partial charge in [0.25, 0.3) is 5.91 Å². The van der Waals surface area contributed by atoms with Gasteiger partial charge in [0.1, 0.15) is 5.69 Å². The molecule has 0 aliphatic heterocycles. The molecule has 0 spiro atoms. The van der Waals surface area contributed by atoms with Crippen LogP contribution in [0.25, 0.3) is 11.0 Å². The Labute approximate surface area is 223 Å². The van der Waals surface area contributed by atoms with Gasteiger partial charge in [-0.15, -0.1) is 0 Å². The fraction of sp³-hybridized carbons (Fsp3) is 0.160. The molecule has 1 unspecified atom stereocenters. The zero-order valence-electron chi connectivity index (χ0n) is 20.0. The number of hydrogen-bond donors (Lipinski definition) is 2. The number of aromatic nitrogens is 3. The summed E-state index contributed by atoms with van der Waals surface area (Å²) < 4.78 is 112. The molecule has 1 atom stereocenters. The smallest absolute Gasteiger partial charge is 0.475 e. The number of halogens is 9. The average Bonchev–Trinajstić information content (AvgIpc) is 2.90. The van der Waals surface area contributed by atoms with E-state index in [2.05, 4.69) is 20.3 Å². The minimum Gasteiger partial charge on any atom is -0.475 e. The first-order valence-electron chi connectivity index (χ1n) is 11.0. The molecule has 3 aromatic heterocycles. The summed E-state index contributed by atoms with van der Waals surface area (Å²) in [5, 5.41) is 10.2. The molecule has 0 radical (unpaired) electrons. The molecule has 3 heterocycles. The third kappa shape index (κ3) is 7.89. The predicted octanol–water partition coefficient (Wildman–Crippen LogP) is 6.22. The molecule has 4 rings (SSSR count). The lowest BCUT2D eigenvalue weighted by Gasteiger charge is -2.22. The third-order valence-electron chi connectivity index (χ3n) is 5.20. The molecule has 16 heteroatoms. The minimum absolute atomic E-state index is 0.0236. The summed E-state index contributed by atoms with van der Waals surface area (Å²) >= 11 is 0. The standard InChI is InChI=1S/C23H14F6N4O.C2HF3O2/c24-22(25,26)15-8-5-13(6-9-15)18(19-16(23(27,28)29)4-2-11-30-19)33-21(34)17-10-7-14-3-1-12-31-20(14)32-17;3-2(4,5)1(6)7/h1-12,18H,(H,33,34);(H,6,7). The van der Waals surface area contributed by atoms with E-state index in [1.54, 1.807) is 18.2 Å². The van der Waals surface area contributed by atoms with Crippen molar-refractivity contribution in [1.29, 1.82) is 0 Å². The van der Waals surface area contributed by atoms with Gasteiger partial charge in [-0.05, 0) is 54.1 Å². The van der Waals surface area contributed by atoms with E-state index in [1.165, 1.54) is 12.3 Å². The quantitative estimate of drug-likeness (QED) is 0.274. The Kier molecular flexibility index (Phi) is 8.84. The van der Waals surface area contributed by atoms with Crippen LogP contribution in [0, 0.1) is 0 Å². The van der Waals surface area contributed by atoms with Crippen LogP contribution in [-0.4, -0.2) is 38.1 Å². The first kappa shape index (κ1) is 30.8. The van der Waals surface area contributed by atoms with Crippen molar-refractivity contribution in [2.75, 3.05) is 0 Å². The number of carbonyl (C=O) groups is 2. The number of pyridine rings is 3. The Morgan fingerprint density at radius 1 is 0.756 bits per heavy atom. The third-order valence-corrected chi connectivity index (χ3v) is 5.20. The number of hydrogen-bond acceptors (Lipinski definition) is 5. The summed E-state index contributed by atoms with van der Waals surface area (Å²) in [6, 6.07) is 10.1. The molecule has 4 aromatic rings. The first-order chi connectivity index (χ1) is 19.0. The number of nitrogens with zero attached hydrogens (tertiary/aromatic N) is 3. The fourth-order valence-electron chi connectivity index (χ4n) is 3.35. The van der Waals surface area contributed by atoms with Gasteiger partial charge in [-0.25, -0.2) is 14.8 Å². The van der Waals surface area contributed by atoms with Crippen LogP contribution in [-0.2, 0) is 17.1 Å². The van der Waals surface area contributed by atoms with Crippen LogP contribution >= 0.6 is 0 Å². The largest absolute Gasteiger partial charge is 0.490 e. The molecule has 41 heavy (non-hydrogen) atoms. The lowest BCUT2D eigenvalue weighted by molar-refractivity contribution is -0.192. The Balaban J connectivity index is 0.000000587. The van der Waals surface area contributed by atoms with Crippen LogP contribution in [0.4, 0.5) is 39.5 Å². The van der Waals surface area contributed by atoms with E-state index in [1.807, 2.05) is 0 Å². The second-order valence-electron chi connectivity index (χ2n) is 8.01. The van der Waals surface area contributed by atoms with Crippen LogP contribution in [0.2, 0.25) is 0 Å². The Morgan fingerprint density at radius 2 is 1.34 bits per heavy atom. The maximum atomic E-state index is 13.7. The SMILES string of the molecule is O=C(NC(c1ccc(C(F)(F)F)cc1)c1ncccc1C(F)(F)F)c1ccc2cccnc2n1.O=C(O)C(F)(F)F. The van der Waals surface area contributed by atoms with E-state index >= 15 is 0 Å². The number of fused-ring (bicyclic) bond motifs is 1. The Morgan fingerprint density at radius 3 is 1.90 bits per heavy atom. The van der Waals surface area contributed by atoms with Crippen molar-refractivity contribution < 1.29 is 54.2 Å². The normalized spacial score (nSPS) is 12.7. The number of benzene rings is 1. The molecule has 7 nitrogen and oxygen atoms in total. The number of nitrogens with one attached hydrogen (secondary N) is 1. The molecule has 0 aliphatic carbocycles. The van der Waals surface area contributed by atoms with Gasteiger partial charge in [-0.1, -0.05) is 12.1 Å². The molecule has 1 amide bonds. The second-order valence-corrected chi connectivity index (χ2v) is 8.01. The van der Waals surface area contributed by atoms with Crippen LogP contribution in [0.1, 0.15) is 38.9 Å². The summed E-state index contributed by atoms with van der Waals surface area (Å²) in [5.41, 5.74) is -2.59. The number of rotatable bonds is 4. The summed E-state index contributed by atoms with van der Waals surface area (Å²) in [6.07, 6.45) is -12.0. The van der Waals surface area contributed by atoms with Crippen LogP contribution in [0.3, 0.4) is 0 Å². The van der Waals surface area contributed by atoms with Gasteiger partial charge in [-0.3, -0.25) is 9.78 Å². The van der Waals surface area contributed by atoms with Gasteiger partial charge in [0.05, 0.1) is 22.9 Å². The van der Waals surface area contributed by atoms with E-state index in [0.29, 0.717) is 5.39 Å². The van der Waals surface area contributed by atoms with Gasteiger partial charge in [0, 0.05) is 17.8 Å². The van der Waals surface area contributed by atoms with E-state index in [-0.39, 0.29) is 16.9 Å². The highest BCUT2D eigenvalue weighted by Gasteiger charge is 2.39. The zero-order chi connectivity index (χ0) is 30.6. The van der Waals surface area contributed by atoms with Gasteiger partial charge >= 0.3 is 24.5 Å². The highest BCUT2D eigenvalue weighted by molar-refractivity contribution is 5.94. The summed E-state index contributed by atoms with van der Waals surface area (Å²) in [5.74, 6) is -3.61. The van der Waals surface area contributed by atoms with Crippen molar-refractivity contribution in [2.45, 2.75) is 24.6 Å². The van der Waals surface area contributed by atoms with Crippen molar-refractivity contribution in [1.82, 2.24) is 20.3 Å². The Bertz CT molecular complexity index is 1540. The lowest BCUT2D eigenvalue weighted by atomic mass is 9.97. The average molecular weight is 590 g/mol. The van der Waals surface area contributed by atoms with Gasteiger partial charge < -0.3 is 10.4 Å². The van der Waals surface area contributed by atoms with Crippen molar-refractivity contribution in [3.8, 4) is 0 Å². The molecule has 2 N–H and O–H groups in total. The van der Waals surface area contributed by atoms with Crippen molar-refractivity contribution in [2.24, 2.45) is 0 Å². The summed E-state index contributed by atoms with van der Waals surface area (Å²) in [6.45, 7) is 0. The predicted molar refractivity (Wildman–Crippen MR) is 123 cm³/mol. The molecular formula is C25H15F9N4O3. The number of carbonyl (C=O) groups excluding carboxylic acids is 1. The van der Waals surface area contributed by atoms with Gasteiger partial charge in [0.2, 0.25) is 0 Å². The maximum absolute atomic E-state index is 13.7. The molecule has 0 bridgehead atoms. The van der Waals surface area contributed by atoms with Crippen LogP contribution in [0.5, 0.6) is 0 Å². The summed E-state index contributed by atoms with van der Waals surface area (Å²) in [7, 11) is 0. The van der Waals surface area contributed by atoms with Crippen LogP contribution < -0.4 is 5.32 Å². The fourth-order valence-corrected chi connectivity index (χ4v) is 3.35. The minimum atomic E-state index is -5.08. The van der Waals surface area contributed by atoms with Crippen molar-refractivity contribution in [3.05, 3.63) is 101 Å². The number of carboxylic acids is 1. The van der Waals surface area contributed by atoms with Crippen molar-refractivity contribution >= 4 is 22.9 Å². The number of carboxylic acid groups (broad SMARTS) is 1. The Hall–Kier alpha value is -4.76. The summed E-state index contributed by atoms with van der Waals surface area (Å²) in [4.78, 5) is 33.8. The number of aliphatic carboxylic acids is 1. The topological polar surface area (TPSA) is 105 Å². The number of amides is 1. The first-order valence-corrected chi connectivity index (χ1v) is 11.0. The molecule has 0 fully saturated rings. The molecule has 0 aliphatic rings.